The van der Waals surface area contributed by atoms with Crippen molar-refractivity contribution in [1.29, 1.82) is 0 Å². The molecule has 1 aliphatic carbocycles. The molecule has 5 rings (SSSR count). The number of nitrogens with one attached hydrogen (secondary N) is 2. The summed E-state index contributed by atoms with van der Waals surface area (Å²) in [5, 5.41) is 10.1. The largest absolute Gasteiger partial charge is 0.489 e. The number of fused-ring (bicyclic) bond motifs is 4. The molecular formula is C21H23ClN4O4. The van der Waals surface area contributed by atoms with E-state index >= 15 is 0 Å². The number of methoxy groups -OCH3 is 1. The first kappa shape index (κ1) is 19.4. The molecule has 0 radical (unpaired) electrons. The smallest absolute Gasteiger partial charge is 0.322 e. The monoisotopic (exact) mass is 430 g/mol. The summed E-state index contributed by atoms with van der Waals surface area (Å²) >= 11 is 6.38. The fraction of sp³-hybridized carbons (Fsp3) is 0.476. The van der Waals surface area contributed by atoms with E-state index in [0.717, 1.165) is 36.9 Å². The fourth-order valence-corrected chi connectivity index (χ4v) is 4.89. The number of benzene rings is 1. The van der Waals surface area contributed by atoms with Gasteiger partial charge in [-0.3, -0.25) is 4.79 Å². The highest BCUT2D eigenvalue weighted by Gasteiger charge is 2.43. The molecule has 2 N–H and O–H groups in total. The molecule has 2 aliphatic heterocycles. The third kappa shape index (κ3) is 3.44. The first-order chi connectivity index (χ1) is 14.5. The molecular weight excluding hydrogens is 408 g/mol. The Balaban J connectivity index is 1.27. The summed E-state index contributed by atoms with van der Waals surface area (Å²) < 4.78 is 11.2. The highest BCUT2D eigenvalue weighted by Crippen LogP contribution is 2.42. The van der Waals surface area contributed by atoms with Crippen LogP contribution in [0.4, 0.5) is 10.5 Å². The van der Waals surface area contributed by atoms with Gasteiger partial charge in [0, 0.05) is 37.7 Å². The number of carbonyl (C=O) groups is 1. The molecule has 2 unspecified atom stereocenters. The number of urea groups is 1. The van der Waals surface area contributed by atoms with Gasteiger partial charge in [-0.25, -0.2) is 9.89 Å². The predicted octanol–water partition coefficient (Wildman–Crippen LogP) is 3.27. The molecule has 0 spiro atoms. The summed E-state index contributed by atoms with van der Waals surface area (Å²) in [6, 6.07) is 6.63. The van der Waals surface area contributed by atoms with Crippen LogP contribution in [0.1, 0.15) is 43.0 Å². The summed E-state index contributed by atoms with van der Waals surface area (Å²) in [5.74, 6) is 0.606. The molecule has 1 aromatic heterocycles. The van der Waals surface area contributed by atoms with Gasteiger partial charge in [-0.15, -0.1) is 0 Å². The van der Waals surface area contributed by atoms with Crippen molar-refractivity contribution >= 4 is 23.3 Å². The highest BCUT2D eigenvalue weighted by molar-refractivity contribution is 6.32. The van der Waals surface area contributed by atoms with Crippen molar-refractivity contribution in [1.82, 2.24) is 15.1 Å². The Bertz CT molecular complexity index is 1040. The van der Waals surface area contributed by atoms with Gasteiger partial charge in [-0.1, -0.05) is 11.6 Å². The second kappa shape index (κ2) is 7.59. The number of aromatic amines is 1. The summed E-state index contributed by atoms with van der Waals surface area (Å²) in [6.07, 6.45) is 4.43. The van der Waals surface area contributed by atoms with Crippen LogP contribution < -0.4 is 15.6 Å². The van der Waals surface area contributed by atoms with Gasteiger partial charge in [0.15, 0.2) is 0 Å². The molecule has 2 bridgehead atoms. The van der Waals surface area contributed by atoms with Crippen LogP contribution in [0.3, 0.4) is 0 Å². The van der Waals surface area contributed by atoms with Gasteiger partial charge in [0.1, 0.15) is 11.9 Å². The molecule has 1 saturated carbocycles. The van der Waals surface area contributed by atoms with Crippen LogP contribution in [-0.4, -0.2) is 46.5 Å². The van der Waals surface area contributed by atoms with Gasteiger partial charge in [0.25, 0.3) is 5.56 Å². The number of H-pyrrole nitrogens is 1. The van der Waals surface area contributed by atoms with Gasteiger partial charge < -0.3 is 19.7 Å². The molecule has 30 heavy (non-hydrogen) atoms. The zero-order chi connectivity index (χ0) is 20.8. The van der Waals surface area contributed by atoms with Crippen LogP contribution in [0.15, 0.2) is 29.1 Å². The summed E-state index contributed by atoms with van der Waals surface area (Å²) in [5.41, 5.74) is 2.13. The third-order valence-electron chi connectivity index (χ3n) is 6.29. The fourth-order valence-electron chi connectivity index (χ4n) is 4.66. The topological polar surface area (TPSA) is 96.6 Å². The van der Waals surface area contributed by atoms with Crippen LogP contribution in [0.2, 0.25) is 5.02 Å². The van der Waals surface area contributed by atoms with Crippen LogP contribution in [0.25, 0.3) is 0 Å². The van der Waals surface area contributed by atoms with E-state index in [9.17, 15) is 9.59 Å². The normalized spacial score (nSPS) is 26.7. The quantitative estimate of drug-likeness (QED) is 0.775. The Morgan fingerprint density at radius 1 is 1.27 bits per heavy atom. The van der Waals surface area contributed by atoms with Gasteiger partial charge in [-0.05, 0) is 43.0 Å². The number of aromatic nitrogens is 2. The Morgan fingerprint density at radius 3 is 2.87 bits per heavy atom. The lowest BCUT2D eigenvalue weighted by Gasteiger charge is -2.35. The lowest BCUT2D eigenvalue weighted by molar-refractivity contribution is -0.0380. The van der Waals surface area contributed by atoms with Crippen LogP contribution in [0.5, 0.6) is 5.75 Å². The van der Waals surface area contributed by atoms with Crippen LogP contribution in [-0.2, 0) is 11.2 Å². The van der Waals surface area contributed by atoms with Crippen molar-refractivity contribution in [2.24, 2.45) is 0 Å². The maximum Gasteiger partial charge on any atom is 0.322 e. The maximum absolute atomic E-state index is 13.0. The second-order valence-electron chi connectivity index (χ2n) is 8.15. The minimum atomic E-state index is -0.206. The number of hydrogen-bond donors (Lipinski definition) is 2. The zero-order valence-corrected chi connectivity index (χ0v) is 17.3. The van der Waals surface area contributed by atoms with Crippen LogP contribution in [0, 0.1) is 0 Å². The molecule has 158 valence electrons. The number of ether oxygens (including phenoxy) is 2. The number of halogens is 1. The molecule has 2 fully saturated rings. The molecule has 2 atom stereocenters. The summed E-state index contributed by atoms with van der Waals surface area (Å²) in [7, 11) is 1.70. The average molecular weight is 431 g/mol. The van der Waals surface area contributed by atoms with E-state index in [-0.39, 0.29) is 35.9 Å². The number of rotatable bonds is 4. The van der Waals surface area contributed by atoms with Crippen molar-refractivity contribution in [3.63, 3.8) is 0 Å². The number of carbonyl (C=O) groups excluding carboxylic acids is 1. The molecule has 2 aromatic rings. The van der Waals surface area contributed by atoms with Crippen molar-refractivity contribution in [2.75, 3.05) is 12.4 Å². The van der Waals surface area contributed by atoms with Crippen molar-refractivity contribution in [3.8, 4) is 5.75 Å². The lowest BCUT2D eigenvalue weighted by atomic mass is 9.92. The van der Waals surface area contributed by atoms with Crippen molar-refractivity contribution in [3.05, 3.63) is 50.9 Å². The van der Waals surface area contributed by atoms with Crippen molar-refractivity contribution in [2.45, 2.75) is 56.4 Å². The number of hydrogen-bond acceptors (Lipinski definition) is 5. The van der Waals surface area contributed by atoms with Gasteiger partial charge in [0.2, 0.25) is 0 Å². The molecule has 1 saturated heterocycles. The Morgan fingerprint density at radius 2 is 2.10 bits per heavy atom. The van der Waals surface area contributed by atoms with E-state index in [1.54, 1.807) is 31.4 Å². The van der Waals surface area contributed by atoms with Crippen LogP contribution >= 0.6 is 11.6 Å². The molecule has 1 aromatic carbocycles. The van der Waals surface area contributed by atoms with E-state index in [1.807, 2.05) is 4.90 Å². The Kier molecular flexibility index (Phi) is 4.91. The SMILES string of the molecule is COC1CC(Oc2ccc(NC(=O)N3C4CCC3c3n[nH]c(=O)cc3C4)cc2Cl)C1. The average Bonchev–Trinajstić information content (AvgIpc) is 3.01. The van der Waals surface area contributed by atoms with E-state index in [4.69, 9.17) is 21.1 Å². The standard InChI is InChI=1S/C21H23ClN4O4/c1-29-14-9-15(10-14)30-18-5-2-12(8-16(18)22)23-21(28)26-13-3-4-17(26)20-11(6-13)7-19(27)24-25-20/h2,5,7-8,13-15,17H,3-4,6,9-10H2,1H3,(H,23,28)(H,24,27). The van der Waals surface area contributed by atoms with Gasteiger partial charge in [-0.2, -0.15) is 5.10 Å². The summed E-state index contributed by atoms with van der Waals surface area (Å²) in [6.45, 7) is 0. The lowest BCUT2D eigenvalue weighted by Crippen LogP contribution is -2.45. The molecule has 8 nitrogen and oxygen atoms in total. The first-order valence-electron chi connectivity index (χ1n) is 10.2. The van der Waals surface area contributed by atoms with Gasteiger partial charge in [0.05, 0.1) is 22.9 Å². The van der Waals surface area contributed by atoms with E-state index in [0.29, 0.717) is 22.9 Å². The minimum Gasteiger partial charge on any atom is -0.489 e. The predicted molar refractivity (Wildman–Crippen MR) is 111 cm³/mol. The van der Waals surface area contributed by atoms with E-state index < -0.39 is 0 Å². The third-order valence-corrected chi connectivity index (χ3v) is 6.59. The molecule has 2 amide bonds. The Labute approximate surface area is 178 Å². The molecule has 3 aliphatic rings. The highest BCUT2D eigenvalue weighted by atomic mass is 35.5. The maximum atomic E-state index is 13.0. The number of anilines is 1. The summed E-state index contributed by atoms with van der Waals surface area (Å²) in [4.78, 5) is 26.4. The van der Waals surface area contributed by atoms with Crippen molar-refractivity contribution < 1.29 is 14.3 Å². The molecule has 9 heteroatoms. The second-order valence-corrected chi connectivity index (χ2v) is 8.55. The minimum absolute atomic E-state index is 0.0662. The number of amides is 2. The van der Waals surface area contributed by atoms with E-state index in [2.05, 4.69) is 15.5 Å². The van der Waals surface area contributed by atoms with Gasteiger partial charge >= 0.3 is 6.03 Å². The Hall–Kier alpha value is -2.58. The zero-order valence-electron chi connectivity index (χ0n) is 16.6. The van der Waals surface area contributed by atoms with E-state index in [1.165, 1.54) is 0 Å². The molecule has 3 heterocycles. The number of nitrogens with zero attached hydrogens (tertiary/aromatic N) is 2. The first-order valence-corrected chi connectivity index (χ1v) is 10.6.